The Bertz CT molecular complexity index is 1020. The van der Waals surface area contributed by atoms with Crippen molar-refractivity contribution < 1.29 is 31.9 Å². The molecule has 2 aromatic carbocycles. The van der Waals surface area contributed by atoms with Crippen molar-refractivity contribution in [3.63, 3.8) is 0 Å². The van der Waals surface area contributed by atoms with Crippen LogP contribution in [0.2, 0.25) is 0 Å². The average molecular weight is 437 g/mol. The molecule has 0 unspecified atom stereocenters. The number of benzene rings is 2. The quantitative estimate of drug-likeness (QED) is 0.517. The second kappa shape index (κ2) is 9.25. The van der Waals surface area contributed by atoms with Crippen LogP contribution in [-0.2, 0) is 19.3 Å². The van der Waals surface area contributed by atoms with Gasteiger partial charge in [0.1, 0.15) is 0 Å². The summed E-state index contributed by atoms with van der Waals surface area (Å²) in [5, 5.41) is 3.87. The first kappa shape index (κ1) is 22.4. The van der Waals surface area contributed by atoms with Gasteiger partial charge in [0, 0.05) is 17.7 Å². The fourth-order valence-electron chi connectivity index (χ4n) is 3.11. The van der Waals surface area contributed by atoms with E-state index in [1.165, 1.54) is 19.2 Å². The lowest BCUT2D eigenvalue weighted by atomic mass is 10.1. The molecule has 0 saturated heterocycles. The van der Waals surface area contributed by atoms with Gasteiger partial charge in [-0.15, -0.1) is 0 Å². The Balaban J connectivity index is 1.71. The molecule has 0 fully saturated rings. The van der Waals surface area contributed by atoms with Crippen molar-refractivity contribution in [2.75, 3.05) is 28.4 Å². The van der Waals surface area contributed by atoms with E-state index in [1.807, 2.05) is 18.0 Å². The maximum absolute atomic E-state index is 12.7. The minimum Gasteiger partial charge on any atom is -0.493 e. The molecule has 166 valence electrons. The topological polar surface area (TPSA) is 69.9 Å². The van der Waals surface area contributed by atoms with Crippen molar-refractivity contribution >= 4 is 0 Å². The molecule has 0 aliphatic heterocycles. The van der Waals surface area contributed by atoms with Crippen LogP contribution in [0, 0.1) is 0 Å². The van der Waals surface area contributed by atoms with Gasteiger partial charge >= 0.3 is 6.18 Å². The van der Waals surface area contributed by atoms with Gasteiger partial charge < -0.3 is 18.7 Å². The van der Waals surface area contributed by atoms with Gasteiger partial charge in [-0.3, -0.25) is 4.90 Å². The molecular formula is C21H22F3N3O4. The Kier molecular flexibility index (Phi) is 6.69. The second-order valence-electron chi connectivity index (χ2n) is 6.75. The third-order valence-electron chi connectivity index (χ3n) is 4.57. The summed E-state index contributed by atoms with van der Waals surface area (Å²) >= 11 is 0. The van der Waals surface area contributed by atoms with E-state index in [4.69, 9.17) is 18.7 Å². The number of hydrogen-bond acceptors (Lipinski definition) is 7. The van der Waals surface area contributed by atoms with E-state index in [0.29, 0.717) is 41.8 Å². The maximum atomic E-state index is 12.7. The van der Waals surface area contributed by atoms with Crippen molar-refractivity contribution in [1.82, 2.24) is 15.0 Å². The van der Waals surface area contributed by atoms with Gasteiger partial charge in [0.15, 0.2) is 11.5 Å². The number of halogens is 3. The normalized spacial score (nSPS) is 11.6. The Labute approximate surface area is 177 Å². The predicted octanol–water partition coefficient (Wildman–Crippen LogP) is 4.41. The number of rotatable bonds is 8. The molecule has 10 heteroatoms. The number of hydrogen-bond donors (Lipinski definition) is 0. The molecular weight excluding hydrogens is 415 g/mol. The summed E-state index contributed by atoms with van der Waals surface area (Å²) < 4.78 is 59.6. The van der Waals surface area contributed by atoms with E-state index in [1.54, 1.807) is 20.3 Å². The van der Waals surface area contributed by atoms with E-state index in [0.717, 1.165) is 17.7 Å². The van der Waals surface area contributed by atoms with Gasteiger partial charge in [-0.1, -0.05) is 23.4 Å². The molecule has 1 heterocycles. The summed E-state index contributed by atoms with van der Waals surface area (Å²) in [5.74, 6) is 2.17. The number of methoxy groups -OCH3 is 3. The zero-order valence-corrected chi connectivity index (χ0v) is 17.5. The standard InChI is InChI=1S/C21H22F3N3O4/c1-27(11-14-7-10-16(28-2)19(30-4)18(14)29-3)12-17-25-20(26-31-17)13-5-8-15(9-6-13)21(22,23)24/h5-10H,11-12H2,1-4H3. The van der Waals surface area contributed by atoms with Crippen LogP contribution < -0.4 is 14.2 Å². The molecule has 0 atom stereocenters. The van der Waals surface area contributed by atoms with E-state index in [-0.39, 0.29) is 5.82 Å². The predicted molar refractivity (Wildman–Crippen MR) is 106 cm³/mol. The molecule has 31 heavy (non-hydrogen) atoms. The molecule has 7 nitrogen and oxygen atoms in total. The lowest BCUT2D eigenvalue weighted by molar-refractivity contribution is -0.137. The fourth-order valence-corrected chi connectivity index (χ4v) is 3.11. The highest BCUT2D eigenvalue weighted by atomic mass is 19.4. The van der Waals surface area contributed by atoms with Gasteiger partial charge in [0.2, 0.25) is 17.5 Å². The Hall–Kier alpha value is -3.27. The Morgan fingerprint density at radius 2 is 1.58 bits per heavy atom. The molecule has 0 aliphatic carbocycles. The molecule has 0 aliphatic rings. The summed E-state index contributed by atoms with van der Waals surface area (Å²) in [5.41, 5.74) is 0.570. The lowest BCUT2D eigenvalue weighted by Crippen LogP contribution is -2.18. The monoisotopic (exact) mass is 437 g/mol. The van der Waals surface area contributed by atoms with E-state index < -0.39 is 11.7 Å². The largest absolute Gasteiger partial charge is 0.493 e. The average Bonchev–Trinajstić information content (AvgIpc) is 3.21. The SMILES string of the molecule is COc1ccc(CN(C)Cc2nc(-c3ccc(C(F)(F)F)cc3)no2)c(OC)c1OC. The molecule has 0 bridgehead atoms. The van der Waals surface area contributed by atoms with Crippen molar-refractivity contribution in [3.05, 3.63) is 53.4 Å². The Morgan fingerprint density at radius 3 is 2.16 bits per heavy atom. The summed E-state index contributed by atoms with van der Waals surface area (Å²) in [6.45, 7) is 0.812. The first-order chi connectivity index (χ1) is 14.8. The zero-order valence-electron chi connectivity index (χ0n) is 17.5. The molecule has 0 spiro atoms. The smallest absolute Gasteiger partial charge is 0.416 e. The summed E-state index contributed by atoms with van der Waals surface area (Å²) in [6.07, 6.45) is -4.39. The highest BCUT2D eigenvalue weighted by Gasteiger charge is 2.30. The van der Waals surface area contributed by atoms with Crippen LogP contribution in [0.15, 0.2) is 40.9 Å². The molecule has 0 amide bonds. The molecule has 1 aromatic heterocycles. The summed E-state index contributed by atoms with van der Waals surface area (Å²) in [7, 11) is 6.50. The summed E-state index contributed by atoms with van der Waals surface area (Å²) in [6, 6.07) is 8.27. The number of ether oxygens (including phenoxy) is 3. The number of nitrogens with zero attached hydrogens (tertiary/aromatic N) is 3. The minimum atomic E-state index is -4.39. The van der Waals surface area contributed by atoms with Gasteiger partial charge in [-0.05, 0) is 25.2 Å². The Morgan fingerprint density at radius 1 is 0.903 bits per heavy atom. The molecule has 0 saturated carbocycles. The minimum absolute atomic E-state index is 0.223. The van der Waals surface area contributed by atoms with Crippen LogP contribution in [0.1, 0.15) is 17.0 Å². The summed E-state index contributed by atoms with van der Waals surface area (Å²) in [4.78, 5) is 6.21. The van der Waals surface area contributed by atoms with Gasteiger partial charge in [0.25, 0.3) is 0 Å². The van der Waals surface area contributed by atoms with Crippen molar-refractivity contribution in [2.24, 2.45) is 0 Å². The fraction of sp³-hybridized carbons (Fsp3) is 0.333. The molecule has 3 rings (SSSR count). The van der Waals surface area contributed by atoms with E-state index >= 15 is 0 Å². The van der Waals surface area contributed by atoms with E-state index in [2.05, 4.69) is 10.1 Å². The van der Waals surface area contributed by atoms with Gasteiger partial charge in [0.05, 0.1) is 33.4 Å². The first-order valence-corrected chi connectivity index (χ1v) is 9.23. The van der Waals surface area contributed by atoms with Crippen LogP contribution >= 0.6 is 0 Å². The van der Waals surface area contributed by atoms with Crippen molar-refractivity contribution in [1.29, 1.82) is 0 Å². The zero-order chi connectivity index (χ0) is 22.6. The molecule has 3 aromatic rings. The highest BCUT2D eigenvalue weighted by molar-refractivity contribution is 5.56. The number of alkyl halides is 3. The highest BCUT2D eigenvalue weighted by Crippen LogP contribution is 2.40. The van der Waals surface area contributed by atoms with Crippen molar-refractivity contribution in [2.45, 2.75) is 19.3 Å². The van der Waals surface area contributed by atoms with E-state index in [9.17, 15) is 13.2 Å². The van der Waals surface area contributed by atoms with Gasteiger partial charge in [-0.2, -0.15) is 18.2 Å². The lowest BCUT2D eigenvalue weighted by Gasteiger charge is -2.19. The van der Waals surface area contributed by atoms with Crippen LogP contribution in [0.25, 0.3) is 11.4 Å². The van der Waals surface area contributed by atoms with Crippen LogP contribution in [0.3, 0.4) is 0 Å². The third kappa shape index (κ3) is 5.08. The van der Waals surface area contributed by atoms with Crippen molar-refractivity contribution in [3.8, 4) is 28.6 Å². The van der Waals surface area contributed by atoms with Crippen LogP contribution in [0.5, 0.6) is 17.2 Å². The van der Waals surface area contributed by atoms with Gasteiger partial charge in [-0.25, -0.2) is 0 Å². The van der Waals surface area contributed by atoms with Crippen LogP contribution in [0.4, 0.5) is 13.2 Å². The third-order valence-corrected chi connectivity index (χ3v) is 4.57. The first-order valence-electron chi connectivity index (χ1n) is 9.23. The second-order valence-corrected chi connectivity index (χ2v) is 6.75. The number of aromatic nitrogens is 2. The maximum Gasteiger partial charge on any atom is 0.416 e. The molecule has 0 radical (unpaired) electrons. The molecule has 0 N–H and O–H groups in total. The van der Waals surface area contributed by atoms with Crippen LogP contribution in [-0.4, -0.2) is 43.4 Å².